The van der Waals surface area contributed by atoms with Crippen molar-refractivity contribution in [1.29, 1.82) is 0 Å². The molecule has 0 bridgehead atoms. The molecular weight excluding hydrogens is 334 g/mol. The number of amides is 2. The lowest BCUT2D eigenvalue weighted by molar-refractivity contribution is -0.118. The van der Waals surface area contributed by atoms with Crippen LogP contribution < -0.4 is 10.2 Å². The van der Waals surface area contributed by atoms with Crippen LogP contribution in [0.25, 0.3) is 0 Å². The number of carbonyl (C=O) groups is 2. The normalized spacial score (nSPS) is 23.1. The van der Waals surface area contributed by atoms with Gasteiger partial charge in [-0.05, 0) is 12.5 Å². The summed E-state index contributed by atoms with van der Waals surface area (Å²) in [5.74, 6) is 0.123. The smallest absolute Gasteiger partial charge is 0.270 e. The summed E-state index contributed by atoms with van der Waals surface area (Å²) in [4.78, 5) is 35.1. The lowest BCUT2D eigenvalue weighted by Crippen LogP contribution is -2.46. The molecule has 3 heterocycles. The van der Waals surface area contributed by atoms with Gasteiger partial charge in [-0.15, -0.1) is 0 Å². The zero-order valence-corrected chi connectivity index (χ0v) is 13.9. The van der Waals surface area contributed by atoms with Crippen LogP contribution in [0.1, 0.15) is 16.9 Å². The Labute approximate surface area is 140 Å². The Balaban J connectivity index is 1.64. The van der Waals surface area contributed by atoms with Crippen LogP contribution in [-0.4, -0.2) is 79.3 Å². The Hall–Kier alpha value is -2.23. The van der Waals surface area contributed by atoms with Crippen LogP contribution in [0.2, 0.25) is 0 Å². The fourth-order valence-electron chi connectivity index (χ4n) is 2.82. The van der Waals surface area contributed by atoms with Crippen LogP contribution in [0.15, 0.2) is 12.3 Å². The molecule has 0 radical (unpaired) electrons. The molecule has 1 atom stereocenters. The molecule has 24 heavy (non-hydrogen) atoms. The molecule has 10 heteroatoms. The highest BCUT2D eigenvalue weighted by Gasteiger charge is 2.29. The van der Waals surface area contributed by atoms with E-state index in [1.54, 1.807) is 4.90 Å². The number of aromatic nitrogens is 2. The quantitative estimate of drug-likeness (QED) is 0.668. The van der Waals surface area contributed by atoms with E-state index >= 15 is 0 Å². The summed E-state index contributed by atoms with van der Waals surface area (Å²) in [6, 6.07) is 1.14. The zero-order valence-electron chi connectivity index (χ0n) is 13.1. The maximum absolute atomic E-state index is 12.3. The zero-order chi connectivity index (χ0) is 17.2. The van der Waals surface area contributed by atoms with Crippen molar-refractivity contribution in [3.8, 4) is 0 Å². The minimum absolute atomic E-state index is 0.0235. The molecular formula is C14H19N5O4S. The SMILES string of the molecule is O=CN1CCN(c2nccc(C(=O)NC3CCS(=O)(=O)C3)n2)CC1. The molecule has 0 saturated carbocycles. The third-order valence-corrected chi connectivity index (χ3v) is 5.96. The van der Waals surface area contributed by atoms with E-state index in [9.17, 15) is 18.0 Å². The van der Waals surface area contributed by atoms with Gasteiger partial charge in [-0.25, -0.2) is 18.4 Å². The van der Waals surface area contributed by atoms with E-state index in [-0.39, 0.29) is 23.2 Å². The van der Waals surface area contributed by atoms with Crippen molar-refractivity contribution >= 4 is 28.1 Å². The number of anilines is 1. The van der Waals surface area contributed by atoms with Gasteiger partial charge in [0.05, 0.1) is 11.5 Å². The van der Waals surface area contributed by atoms with Crippen molar-refractivity contribution in [3.63, 3.8) is 0 Å². The number of nitrogens with zero attached hydrogens (tertiary/aromatic N) is 4. The standard InChI is InChI=1S/C14H19N5O4S/c20-10-18-4-6-19(7-5-18)14-15-3-1-12(17-14)13(21)16-11-2-8-24(22,23)9-11/h1,3,10-11H,2,4-9H2,(H,16,21). The van der Waals surface area contributed by atoms with E-state index in [0.717, 1.165) is 6.41 Å². The van der Waals surface area contributed by atoms with Gasteiger partial charge in [0.25, 0.3) is 5.91 Å². The highest BCUT2D eigenvalue weighted by atomic mass is 32.2. The van der Waals surface area contributed by atoms with Gasteiger partial charge in [-0.1, -0.05) is 0 Å². The summed E-state index contributed by atoms with van der Waals surface area (Å²) in [5, 5.41) is 2.72. The van der Waals surface area contributed by atoms with Crippen LogP contribution >= 0.6 is 0 Å². The van der Waals surface area contributed by atoms with Crippen LogP contribution in [-0.2, 0) is 14.6 Å². The second kappa shape index (κ2) is 6.71. The van der Waals surface area contributed by atoms with Gasteiger partial charge in [0.1, 0.15) is 5.69 Å². The third-order valence-electron chi connectivity index (χ3n) is 4.19. The molecule has 2 aliphatic rings. The molecule has 0 aromatic carbocycles. The van der Waals surface area contributed by atoms with Gasteiger partial charge >= 0.3 is 0 Å². The summed E-state index contributed by atoms with van der Waals surface area (Å²) < 4.78 is 22.9. The number of hydrogen-bond donors (Lipinski definition) is 1. The Bertz CT molecular complexity index is 730. The summed E-state index contributed by atoms with van der Waals surface area (Å²) in [5.41, 5.74) is 0.210. The molecule has 2 saturated heterocycles. The van der Waals surface area contributed by atoms with Gasteiger partial charge in [0.15, 0.2) is 9.84 Å². The van der Waals surface area contributed by atoms with Crippen LogP contribution in [0.3, 0.4) is 0 Å². The summed E-state index contributed by atoms with van der Waals surface area (Å²) >= 11 is 0. The number of sulfone groups is 1. The Morgan fingerprint density at radius 1 is 1.29 bits per heavy atom. The van der Waals surface area contributed by atoms with Crippen molar-refractivity contribution in [3.05, 3.63) is 18.0 Å². The number of rotatable bonds is 4. The topological polar surface area (TPSA) is 113 Å². The first-order valence-electron chi connectivity index (χ1n) is 7.75. The molecule has 1 aromatic heterocycles. The van der Waals surface area contributed by atoms with Crippen molar-refractivity contribution in [1.82, 2.24) is 20.2 Å². The molecule has 0 aliphatic carbocycles. The Kier molecular flexibility index (Phi) is 4.65. The van der Waals surface area contributed by atoms with E-state index in [2.05, 4.69) is 15.3 Å². The monoisotopic (exact) mass is 353 g/mol. The summed E-state index contributed by atoms with van der Waals surface area (Å²) in [7, 11) is -3.05. The molecule has 2 amide bonds. The molecule has 3 rings (SSSR count). The van der Waals surface area contributed by atoms with E-state index in [1.807, 2.05) is 4.90 Å². The molecule has 1 unspecified atom stereocenters. The minimum atomic E-state index is -3.05. The van der Waals surface area contributed by atoms with Gasteiger partial charge in [-0.3, -0.25) is 9.59 Å². The Morgan fingerprint density at radius 2 is 2.04 bits per heavy atom. The first kappa shape index (κ1) is 16.6. The maximum atomic E-state index is 12.3. The molecule has 9 nitrogen and oxygen atoms in total. The maximum Gasteiger partial charge on any atom is 0.270 e. The molecule has 2 aliphatic heterocycles. The average molecular weight is 353 g/mol. The molecule has 130 valence electrons. The second-order valence-corrected chi connectivity index (χ2v) is 8.17. The van der Waals surface area contributed by atoms with Crippen molar-refractivity contribution < 1.29 is 18.0 Å². The third kappa shape index (κ3) is 3.81. The molecule has 2 fully saturated rings. The predicted octanol–water partition coefficient (Wildman–Crippen LogP) is -1.33. The van der Waals surface area contributed by atoms with E-state index < -0.39 is 15.7 Å². The van der Waals surface area contributed by atoms with Crippen LogP contribution in [0.4, 0.5) is 5.95 Å². The van der Waals surface area contributed by atoms with Crippen molar-refractivity contribution in [2.75, 3.05) is 42.6 Å². The fraction of sp³-hybridized carbons (Fsp3) is 0.571. The van der Waals surface area contributed by atoms with Gasteiger partial charge < -0.3 is 15.1 Å². The molecule has 1 aromatic rings. The molecule has 0 spiro atoms. The largest absolute Gasteiger partial charge is 0.347 e. The summed E-state index contributed by atoms with van der Waals surface area (Å²) in [6.45, 7) is 2.38. The average Bonchev–Trinajstić information content (AvgIpc) is 2.93. The van der Waals surface area contributed by atoms with Crippen molar-refractivity contribution in [2.24, 2.45) is 0 Å². The summed E-state index contributed by atoms with van der Waals surface area (Å²) in [6.07, 6.45) is 2.76. The van der Waals surface area contributed by atoms with Gasteiger partial charge in [0, 0.05) is 38.4 Å². The first-order chi connectivity index (χ1) is 11.5. The van der Waals surface area contributed by atoms with E-state index in [0.29, 0.717) is 38.5 Å². The van der Waals surface area contributed by atoms with Gasteiger partial charge in [0.2, 0.25) is 12.4 Å². The van der Waals surface area contributed by atoms with Crippen LogP contribution in [0.5, 0.6) is 0 Å². The minimum Gasteiger partial charge on any atom is -0.347 e. The number of carbonyl (C=O) groups excluding carboxylic acids is 2. The van der Waals surface area contributed by atoms with E-state index in [4.69, 9.17) is 0 Å². The van der Waals surface area contributed by atoms with Crippen LogP contribution in [0, 0.1) is 0 Å². The molecule has 1 N–H and O–H groups in total. The predicted molar refractivity (Wildman–Crippen MR) is 86.4 cm³/mol. The highest BCUT2D eigenvalue weighted by molar-refractivity contribution is 7.91. The number of piperazine rings is 1. The first-order valence-corrected chi connectivity index (χ1v) is 9.57. The van der Waals surface area contributed by atoms with Gasteiger partial charge in [-0.2, -0.15) is 0 Å². The number of nitrogens with one attached hydrogen (secondary N) is 1. The second-order valence-electron chi connectivity index (χ2n) is 5.94. The highest BCUT2D eigenvalue weighted by Crippen LogP contribution is 2.13. The lowest BCUT2D eigenvalue weighted by Gasteiger charge is -2.32. The Morgan fingerprint density at radius 3 is 2.67 bits per heavy atom. The lowest BCUT2D eigenvalue weighted by atomic mass is 10.2. The number of hydrogen-bond acceptors (Lipinski definition) is 7. The fourth-order valence-corrected chi connectivity index (χ4v) is 4.50. The van der Waals surface area contributed by atoms with Crippen molar-refractivity contribution in [2.45, 2.75) is 12.5 Å². The van der Waals surface area contributed by atoms with E-state index in [1.165, 1.54) is 12.3 Å².